The van der Waals surface area contributed by atoms with E-state index in [-0.39, 0.29) is 5.91 Å². The van der Waals surface area contributed by atoms with E-state index in [1.54, 1.807) is 12.1 Å². The number of rotatable bonds is 4. The predicted molar refractivity (Wildman–Crippen MR) is 76.8 cm³/mol. The Morgan fingerprint density at radius 3 is 2.74 bits per heavy atom. The van der Waals surface area contributed by atoms with Gasteiger partial charge in [0.15, 0.2) is 0 Å². The minimum atomic E-state index is -0.212. The van der Waals surface area contributed by atoms with Crippen molar-refractivity contribution in [1.82, 2.24) is 15.5 Å². The molecule has 19 heavy (non-hydrogen) atoms. The first kappa shape index (κ1) is 14.0. The standard InChI is InChI=1S/C11H10Cl2N4OS/c12-7-2-1-6(5-8(7)13)10(18)15-4-3-9-16-17-11(14)19-9/h1-2,5H,3-4H2,(H2,14,17)(H,15,18). The van der Waals surface area contributed by atoms with Gasteiger partial charge < -0.3 is 11.1 Å². The van der Waals surface area contributed by atoms with Crippen LogP contribution in [-0.4, -0.2) is 22.6 Å². The van der Waals surface area contributed by atoms with Crippen molar-refractivity contribution in [1.29, 1.82) is 0 Å². The molecular weight excluding hydrogens is 307 g/mol. The minimum absolute atomic E-state index is 0.212. The second-order valence-corrected chi connectivity index (χ2v) is 5.58. The van der Waals surface area contributed by atoms with Gasteiger partial charge in [-0.15, -0.1) is 10.2 Å². The Kier molecular flexibility index (Phi) is 4.57. The predicted octanol–water partition coefficient (Wildman–Crippen LogP) is 2.40. The van der Waals surface area contributed by atoms with E-state index in [1.165, 1.54) is 17.4 Å². The molecule has 0 radical (unpaired) electrons. The van der Waals surface area contributed by atoms with E-state index in [1.807, 2.05) is 0 Å². The maximum atomic E-state index is 11.8. The van der Waals surface area contributed by atoms with Crippen LogP contribution in [0.4, 0.5) is 5.13 Å². The number of carbonyl (C=O) groups excluding carboxylic acids is 1. The van der Waals surface area contributed by atoms with Gasteiger partial charge in [-0.1, -0.05) is 34.5 Å². The normalized spacial score (nSPS) is 10.4. The highest BCUT2D eigenvalue weighted by Gasteiger charge is 2.08. The van der Waals surface area contributed by atoms with Crippen LogP contribution in [0.25, 0.3) is 0 Å². The van der Waals surface area contributed by atoms with E-state index in [0.29, 0.717) is 33.7 Å². The molecule has 0 saturated carbocycles. The number of amides is 1. The molecule has 0 aliphatic heterocycles. The Labute approximate surface area is 123 Å². The number of nitrogens with one attached hydrogen (secondary N) is 1. The highest BCUT2D eigenvalue weighted by molar-refractivity contribution is 7.15. The summed E-state index contributed by atoms with van der Waals surface area (Å²) in [6, 6.07) is 4.74. The molecule has 0 fully saturated rings. The van der Waals surface area contributed by atoms with Crippen LogP contribution in [-0.2, 0) is 6.42 Å². The van der Waals surface area contributed by atoms with Crippen molar-refractivity contribution < 1.29 is 4.79 Å². The van der Waals surface area contributed by atoms with E-state index in [0.717, 1.165) is 5.01 Å². The average molecular weight is 317 g/mol. The Balaban J connectivity index is 1.89. The summed E-state index contributed by atoms with van der Waals surface area (Å²) in [6.45, 7) is 0.452. The summed E-state index contributed by atoms with van der Waals surface area (Å²) in [6.07, 6.45) is 0.585. The van der Waals surface area contributed by atoms with Crippen LogP contribution in [0.15, 0.2) is 18.2 Å². The molecule has 0 bridgehead atoms. The molecule has 2 aromatic rings. The summed E-state index contributed by atoms with van der Waals surface area (Å²) in [5, 5.41) is 12.3. The molecule has 100 valence electrons. The zero-order valence-corrected chi connectivity index (χ0v) is 12.0. The molecule has 0 aliphatic rings. The highest BCUT2D eigenvalue weighted by atomic mass is 35.5. The average Bonchev–Trinajstić information content (AvgIpc) is 2.78. The smallest absolute Gasteiger partial charge is 0.251 e. The number of anilines is 1. The lowest BCUT2D eigenvalue weighted by Crippen LogP contribution is -2.25. The zero-order valence-electron chi connectivity index (χ0n) is 9.69. The molecule has 1 aromatic heterocycles. The van der Waals surface area contributed by atoms with Gasteiger partial charge in [-0.05, 0) is 18.2 Å². The monoisotopic (exact) mass is 316 g/mol. The van der Waals surface area contributed by atoms with Gasteiger partial charge >= 0.3 is 0 Å². The van der Waals surface area contributed by atoms with Crippen LogP contribution in [0.1, 0.15) is 15.4 Å². The van der Waals surface area contributed by atoms with E-state index in [9.17, 15) is 4.79 Å². The van der Waals surface area contributed by atoms with Gasteiger partial charge in [-0.3, -0.25) is 4.79 Å². The number of carbonyl (C=O) groups is 1. The fourth-order valence-corrected chi connectivity index (χ4v) is 2.30. The summed E-state index contributed by atoms with van der Waals surface area (Å²) in [5.74, 6) is -0.212. The first-order chi connectivity index (χ1) is 9.06. The van der Waals surface area contributed by atoms with E-state index < -0.39 is 0 Å². The number of hydrogen-bond donors (Lipinski definition) is 2. The van der Waals surface area contributed by atoms with Crippen molar-refractivity contribution >= 4 is 45.6 Å². The molecular formula is C11H10Cl2N4OS. The zero-order chi connectivity index (χ0) is 13.8. The SMILES string of the molecule is Nc1nnc(CCNC(=O)c2ccc(Cl)c(Cl)c2)s1. The van der Waals surface area contributed by atoms with Crippen LogP contribution in [0, 0.1) is 0 Å². The quantitative estimate of drug-likeness (QED) is 0.907. The van der Waals surface area contributed by atoms with Gasteiger partial charge in [0.25, 0.3) is 5.91 Å². The summed E-state index contributed by atoms with van der Waals surface area (Å²) in [5.41, 5.74) is 5.93. The van der Waals surface area contributed by atoms with Crippen molar-refractivity contribution in [3.05, 3.63) is 38.8 Å². The summed E-state index contributed by atoms with van der Waals surface area (Å²) in [4.78, 5) is 11.8. The first-order valence-electron chi connectivity index (χ1n) is 5.37. The number of nitrogens with zero attached hydrogens (tertiary/aromatic N) is 2. The lowest BCUT2D eigenvalue weighted by molar-refractivity contribution is 0.0954. The second kappa shape index (κ2) is 6.18. The van der Waals surface area contributed by atoms with Crippen LogP contribution >= 0.6 is 34.5 Å². The lowest BCUT2D eigenvalue weighted by atomic mass is 10.2. The summed E-state index contributed by atoms with van der Waals surface area (Å²) >= 11 is 12.9. The number of hydrogen-bond acceptors (Lipinski definition) is 5. The van der Waals surface area contributed by atoms with E-state index >= 15 is 0 Å². The molecule has 5 nitrogen and oxygen atoms in total. The molecule has 1 aromatic carbocycles. The molecule has 8 heteroatoms. The lowest BCUT2D eigenvalue weighted by Gasteiger charge is -2.04. The van der Waals surface area contributed by atoms with Crippen LogP contribution < -0.4 is 11.1 Å². The van der Waals surface area contributed by atoms with Gasteiger partial charge in [0.1, 0.15) is 5.01 Å². The Bertz CT molecular complexity index is 602. The third kappa shape index (κ3) is 3.79. The summed E-state index contributed by atoms with van der Waals surface area (Å²) < 4.78 is 0. The van der Waals surface area contributed by atoms with Gasteiger partial charge in [-0.25, -0.2) is 0 Å². The molecule has 2 rings (SSSR count). The first-order valence-corrected chi connectivity index (χ1v) is 6.94. The summed E-state index contributed by atoms with van der Waals surface area (Å²) in [7, 11) is 0. The number of aromatic nitrogens is 2. The molecule has 0 aliphatic carbocycles. The van der Waals surface area contributed by atoms with Gasteiger partial charge in [0.2, 0.25) is 5.13 Å². The number of nitrogen functional groups attached to an aromatic ring is 1. The number of nitrogens with two attached hydrogens (primary N) is 1. The number of halogens is 2. The van der Waals surface area contributed by atoms with E-state index in [2.05, 4.69) is 15.5 Å². The van der Waals surface area contributed by atoms with Gasteiger partial charge in [0, 0.05) is 18.5 Å². The van der Waals surface area contributed by atoms with Gasteiger partial charge in [-0.2, -0.15) is 0 Å². The van der Waals surface area contributed by atoms with Crippen molar-refractivity contribution in [3.8, 4) is 0 Å². The maximum absolute atomic E-state index is 11.8. The van der Waals surface area contributed by atoms with E-state index in [4.69, 9.17) is 28.9 Å². The Morgan fingerprint density at radius 1 is 1.32 bits per heavy atom. The third-order valence-electron chi connectivity index (χ3n) is 2.29. The molecule has 1 amide bonds. The molecule has 0 saturated heterocycles. The van der Waals surface area contributed by atoms with Crippen LogP contribution in [0.5, 0.6) is 0 Å². The molecule has 0 atom stereocenters. The maximum Gasteiger partial charge on any atom is 0.251 e. The highest BCUT2D eigenvalue weighted by Crippen LogP contribution is 2.22. The molecule has 0 spiro atoms. The van der Waals surface area contributed by atoms with Crippen molar-refractivity contribution in [2.75, 3.05) is 12.3 Å². The van der Waals surface area contributed by atoms with Crippen molar-refractivity contribution in [2.24, 2.45) is 0 Å². The largest absolute Gasteiger partial charge is 0.374 e. The van der Waals surface area contributed by atoms with Crippen LogP contribution in [0.3, 0.4) is 0 Å². The van der Waals surface area contributed by atoms with Crippen molar-refractivity contribution in [3.63, 3.8) is 0 Å². The van der Waals surface area contributed by atoms with Crippen molar-refractivity contribution in [2.45, 2.75) is 6.42 Å². The molecule has 3 N–H and O–H groups in total. The van der Waals surface area contributed by atoms with Crippen LogP contribution in [0.2, 0.25) is 10.0 Å². The second-order valence-electron chi connectivity index (χ2n) is 3.67. The third-order valence-corrected chi connectivity index (χ3v) is 3.84. The minimum Gasteiger partial charge on any atom is -0.374 e. The van der Waals surface area contributed by atoms with Gasteiger partial charge in [0.05, 0.1) is 10.0 Å². The molecule has 1 heterocycles. The molecule has 0 unspecified atom stereocenters. The fraction of sp³-hybridized carbons (Fsp3) is 0.182. The number of benzene rings is 1. The Hall–Kier alpha value is -1.37. The topological polar surface area (TPSA) is 80.9 Å². The Morgan fingerprint density at radius 2 is 2.11 bits per heavy atom. The fourth-order valence-electron chi connectivity index (χ4n) is 1.39.